The molecule has 0 bridgehead atoms. The number of hydrogen-bond acceptors (Lipinski definition) is 6. The zero-order chi connectivity index (χ0) is 23.6. The molecule has 1 amide bonds. The minimum Gasteiger partial charge on any atom is -0.494 e. The largest absolute Gasteiger partial charge is 0.494 e. The van der Waals surface area contributed by atoms with Gasteiger partial charge in [-0.3, -0.25) is 4.79 Å². The van der Waals surface area contributed by atoms with E-state index < -0.39 is 5.97 Å². The number of benzene rings is 3. The number of nitrogens with zero attached hydrogens (tertiary/aromatic N) is 1. The highest BCUT2D eigenvalue weighted by atomic mass is 35.5. The quantitative estimate of drug-likeness (QED) is 0.205. The Hall–Kier alpha value is -3.84. The van der Waals surface area contributed by atoms with Crippen molar-refractivity contribution in [2.75, 3.05) is 13.2 Å². The van der Waals surface area contributed by atoms with Gasteiger partial charge in [-0.2, -0.15) is 5.10 Å². The molecule has 3 aromatic carbocycles. The molecule has 0 fully saturated rings. The lowest BCUT2D eigenvalue weighted by molar-refractivity contribution is 0.0728. The van der Waals surface area contributed by atoms with E-state index in [1.807, 2.05) is 13.8 Å². The van der Waals surface area contributed by atoms with Crippen molar-refractivity contribution in [2.24, 2.45) is 5.10 Å². The van der Waals surface area contributed by atoms with Crippen LogP contribution in [0, 0.1) is 0 Å². The van der Waals surface area contributed by atoms with Gasteiger partial charge in [0, 0.05) is 10.6 Å². The highest BCUT2D eigenvalue weighted by Gasteiger charge is 2.13. The highest BCUT2D eigenvalue weighted by molar-refractivity contribution is 6.30. The van der Waals surface area contributed by atoms with Gasteiger partial charge < -0.3 is 14.2 Å². The molecule has 33 heavy (non-hydrogen) atoms. The topological polar surface area (TPSA) is 86.2 Å². The van der Waals surface area contributed by atoms with E-state index in [0.717, 1.165) is 0 Å². The van der Waals surface area contributed by atoms with Gasteiger partial charge in [-0.1, -0.05) is 11.6 Å². The Balaban J connectivity index is 1.67. The number of hydrazone groups is 1. The molecule has 8 heteroatoms. The number of esters is 1. The molecule has 0 saturated heterocycles. The number of halogens is 1. The van der Waals surface area contributed by atoms with Crippen molar-refractivity contribution >= 4 is 29.7 Å². The fraction of sp³-hybridized carbons (Fsp3) is 0.160. The molecule has 3 rings (SSSR count). The Morgan fingerprint density at radius 3 is 2.21 bits per heavy atom. The van der Waals surface area contributed by atoms with Crippen LogP contribution in [0.5, 0.6) is 17.2 Å². The van der Waals surface area contributed by atoms with E-state index in [9.17, 15) is 9.59 Å². The van der Waals surface area contributed by atoms with Gasteiger partial charge in [0.05, 0.1) is 25.0 Å². The maximum absolute atomic E-state index is 12.5. The molecule has 3 aromatic rings. The van der Waals surface area contributed by atoms with E-state index in [0.29, 0.717) is 46.4 Å². The molecular formula is C25H23ClN2O5. The summed E-state index contributed by atoms with van der Waals surface area (Å²) in [5, 5.41) is 4.51. The molecule has 0 aliphatic carbocycles. The zero-order valence-electron chi connectivity index (χ0n) is 18.2. The number of hydrogen-bond donors (Lipinski definition) is 1. The van der Waals surface area contributed by atoms with Crippen LogP contribution in [-0.4, -0.2) is 31.3 Å². The number of nitrogens with one attached hydrogen (secondary N) is 1. The van der Waals surface area contributed by atoms with Gasteiger partial charge >= 0.3 is 5.97 Å². The number of carbonyl (C=O) groups is 2. The van der Waals surface area contributed by atoms with Crippen molar-refractivity contribution in [1.29, 1.82) is 0 Å². The van der Waals surface area contributed by atoms with Crippen LogP contribution in [0.4, 0.5) is 0 Å². The maximum atomic E-state index is 12.5. The van der Waals surface area contributed by atoms with Crippen molar-refractivity contribution in [3.05, 3.63) is 88.4 Å². The Morgan fingerprint density at radius 1 is 0.879 bits per heavy atom. The Kier molecular flexibility index (Phi) is 8.43. The van der Waals surface area contributed by atoms with E-state index in [1.165, 1.54) is 6.21 Å². The third kappa shape index (κ3) is 6.82. The van der Waals surface area contributed by atoms with Gasteiger partial charge in [0.1, 0.15) is 5.75 Å². The minimum absolute atomic E-state index is 0.276. The molecule has 0 heterocycles. The van der Waals surface area contributed by atoms with Gasteiger partial charge in [0.15, 0.2) is 11.5 Å². The SMILES string of the molecule is CCOc1ccc(C(=O)Oc2ccc(/C=N\NC(=O)c3ccc(Cl)cc3)cc2OCC)cc1. The van der Waals surface area contributed by atoms with Crippen LogP contribution < -0.4 is 19.6 Å². The predicted octanol–water partition coefficient (Wildman–Crippen LogP) is 5.12. The molecule has 170 valence electrons. The van der Waals surface area contributed by atoms with Crippen LogP contribution in [0.1, 0.15) is 40.1 Å². The molecular weight excluding hydrogens is 444 g/mol. The van der Waals surface area contributed by atoms with E-state index in [1.54, 1.807) is 66.7 Å². The summed E-state index contributed by atoms with van der Waals surface area (Å²) in [6.07, 6.45) is 1.47. The second kappa shape index (κ2) is 11.7. The van der Waals surface area contributed by atoms with Crippen LogP contribution in [-0.2, 0) is 0 Å². The number of rotatable bonds is 9. The smallest absolute Gasteiger partial charge is 0.343 e. The molecule has 0 saturated carbocycles. The zero-order valence-corrected chi connectivity index (χ0v) is 19.0. The monoisotopic (exact) mass is 466 g/mol. The average Bonchev–Trinajstić information content (AvgIpc) is 2.82. The van der Waals surface area contributed by atoms with Gasteiger partial charge in [-0.05, 0) is 86.1 Å². The van der Waals surface area contributed by atoms with Crippen molar-refractivity contribution < 1.29 is 23.8 Å². The summed E-state index contributed by atoms with van der Waals surface area (Å²) in [7, 11) is 0. The van der Waals surface area contributed by atoms with Gasteiger partial charge in [-0.25, -0.2) is 10.2 Å². The van der Waals surface area contributed by atoms with Gasteiger partial charge in [0.25, 0.3) is 5.91 Å². The standard InChI is InChI=1S/C25H23ClN2O5/c1-3-31-21-12-8-19(9-13-21)25(30)33-22-14-5-17(15-23(22)32-4-2)16-27-28-24(29)18-6-10-20(26)11-7-18/h5-16H,3-4H2,1-2H3,(H,28,29)/b27-16-. The lowest BCUT2D eigenvalue weighted by Gasteiger charge is -2.11. The average molecular weight is 467 g/mol. The fourth-order valence-corrected chi connectivity index (χ4v) is 2.93. The van der Waals surface area contributed by atoms with E-state index in [-0.39, 0.29) is 11.7 Å². The van der Waals surface area contributed by atoms with E-state index >= 15 is 0 Å². The minimum atomic E-state index is -0.518. The third-order valence-electron chi connectivity index (χ3n) is 4.36. The summed E-state index contributed by atoms with van der Waals surface area (Å²) in [5.41, 5.74) is 3.92. The first-order chi connectivity index (χ1) is 16.0. The summed E-state index contributed by atoms with van der Waals surface area (Å²) in [5.74, 6) is 0.447. The number of ether oxygens (including phenoxy) is 3. The van der Waals surface area contributed by atoms with Crippen molar-refractivity contribution in [3.63, 3.8) is 0 Å². The molecule has 0 aliphatic rings. The summed E-state index contributed by atoms with van der Waals surface area (Å²) in [4.78, 5) is 24.7. The molecule has 0 atom stereocenters. The van der Waals surface area contributed by atoms with Crippen LogP contribution in [0.25, 0.3) is 0 Å². The first kappa shape index (κ1) is 23.8. The molecule has 0 spiro atoms. The van der Waals surface area contributed by atoms with E-state index in [2.05, 4.69) is 10.5 Å². The molecule has 0 unspecified atom stereocenters. The van der Waals surface area contributed by atoms with Crippen molar-refractivity contribution in [1.82, 2.24) is 5.43 Å². The molecule has 0 aliphatic heterocycles. The molecule has 0 radical (unpaired) electrons. The number of amides is 1. The van der Waals surface area contributed by atoms with Crippen LogP contribution >= 0.6 is 11.6 Å². The first-order valence-corrected chi connectivity index (χ1v) is 10.7. The predicted molar refractivity (Wildman–Crippen MR) is 127 cm³/mol. The summed E-state index contributed by atoms with van der Waals surface area (Å²) >= 11 is 5.83. The number of carbonyl (C=O) groups excluding carboxylic acids is 2. The third-order valence-corrected chi connectivity index (χ3v) is 4.61. The second-order valence-electron chi connectivity index (χ2n) is 6.69. The lowest BCUT2D eigenvalue weighted by Crippen LogP contribution is -2.17. The second-order valence-corrected chi connectivity index (χ2v) is 7.13. The summed E-state index contributed by atoms with van der Waals surface area (Å²) in [6.45, 7) is 4.63. The molecule has 0 aromatic heterocycles. The van der Waals surface area contributed by atoms with Crippen LogP contribution in [0.3, 0.4) is 0 Å². The fourth-order valence-electron chi connectivity index (χ4n) is 2.80. The first-order valence-electron chi connectivity index (χ1n) is 10.3. The van der Waals surface area contributed by atoms with Gasteiger partial charge in [-0.15, -0.1) is 0 Å². The Bertz CT molecular complexity index is 1130. The van der Waals surface area contributed by atoms with Gasteiger partial charge in [0.2, 0.25) is 0 Å². The van der Waals surface area contributed by atoms with Crippen LogP contribution in [0.2, 0.25) is 5.02 Å². The van der Waals surface area contributed by atoms with Crippen LogP contribution in [0.15, 0.2) is 71.8 Å². The maximum Gasteiger partial charge on any atom is 0.343 e. The highest BCUT2D eigenvalue weighted by Crippen LogP contribution is 2.29. The lowest BCUT2D eigenvalue weighted by atomic mass is 10.2. The van der Waals surface area contributed by atoms with Crippen molar-refractivity contribution in [3.8, 4) is 17.2 Å². The normalized spacial score (nSPS) is 10.6. The molecule has 1 N–H and O–H groups in total. The molecule has 7 nitrogen and oxygen atoms in total. The summed E-state index contributed by atoms with van der Waals surface area (Å²) in [6, 6.07) is 18.1. The van der Waals surface area contributed by atoms with E-state index in [4.69, 9.17) is 25.8 Å². The Morgan fingerprint density at radius 2 is 1.55 bits per heavy atom. The Labute approximate surface area is 196 Å². The summed E-state index contributed by atoms with van der Waals surface area (Å²) < 4.78 is 16.5. The van der Waals surface area contributed by atoms with Crippen molar-refractivity contribution in [2.45, 2.75) is 13.8 Å².